The Kier molecular flexibility index (Phi) is 3.54. The van der Waals surface area contributed by atoms with Crippen LogP contribution in [0.4, 0.5) is 5.69 Å². The van der Waals surface area contributed by atoms with Gasteiger partial charge in [-0.2, -0.15) is 8.42 Å². The van der Waals surface area contributed by atoms with Gasteiger partial charge in [0, 0.05) is 5.69 Å². The molecular weight excluding hydrogens is 218 g/mol. The van der Waals surface area contributed by atoms with E-state index in [4.69, 9.17) is 15.0 Å². The Balaban J connectivity index is 3.15. The number of benzene rings is 1. The van der Waals surface area contributed by atoms with Crippen LogP contribution in [0.25, 0.3) is 0 Å². The summed E-state index contributed by atoms with van der Waals surface area (Å²) in [7, 11) is -4.29. The Hall–Kier alpha value is -1.27. The Morgan fingerprint density at radius 1 is 1.47 bits per heavy atom. The number of nitrogens with two attached hydrogens (primary N) is 1. The summed E-state index contributed by atoms with van der Waals surface area (Å²) in [5.41, 5.74) is 5.68. The number of nitrogen functional groups attached to an aromatic ring is 1. The van der Waals surface area contributed by atoms with Crippen molar-refractivity contribution in [2.45, 2.75) is 18.2 Å². The summed E-state index contributed by atoms with van der Waals surface area (Å²) < 4.78 is 36.1. The number of anilines is 1. The molecule has 0 heterocycles. The van der Waals surface area contributed by atoms with Crippen LogP contribution in [-0.4, -0.2) is 19.6 Å². The molecule has 1 aromatic carbocycles. The largest absolute Gasteiger partial charge is 0.492 e. The molecule has 1 rings (SSSR count). The summed E-state index contributed by atoms with van der Waals surface area (Å²) in [6, 6.07) is 4.11. The molecule has 0 spiro atoms. The molecule has 0 fully saturated rings. The Morgan fingerprint density at radius 2 is 2.13 bits per heavy atom. The van der Waals surface area contributed by atoms with Crippen LogP contribution in [0.2, 0.25) is 0 Å². The zero-order valence-corrected chi connectivity index (χ0v) is 9.12. The molecule has 0 saturated carbocycles. The van der Waals surface area contributed by atoms with Crippen molar-refractivity contribution in [2.75, 3.05) is 12.3 Å². The van der Waals surface area contributed by atoms with Gasteiger partial charge < -0.3 is 10.5 Å². The third-order valence-electron chi connectivity index (χ3n) is 1.71. The first-order valence-corrected chi connectivity index (χ1v) is 5.89. The van der Waals surface area contributed by atoms with Crippen molar-refractivity contribution in [1.82, 2.24) is 0 Å². The first kappa shape index (κ1) is 11.8. The second-order valence-corrected chi connectivity index (χ2v) is 4.42. The second-order valence-electron chi connectivity index (χ2n) is 3.03. The van der Waals surface area contributed by atoms with Crippen LogP contribution in [0.5, 0.6) is 5.75 Å². The highest BCUT2D eigenvalue weighted by Crippen LogP contribution is 2.25. The maximum Gasteiger partial charge on any atom is 0.298 e. The number of hydrogen-bond acceptors (Lipinski definition) is 4. The van der Waals surface area contributed by atoms with Gasteiger partial charge in [0.2, 0.25) is 0 Å². The van der Waals surface area contributed by atoms with Gasteiger partial charge >= 0.3 is 0 Å². The summed E-state index contributed by atoms with van der Waals surface area (Å²) in [5.74, 6) is 0.119. The highest BCUT2D eigenvalue weighted by Gasteiger charge is 2.16. The molecule has 0 bridgehead atoms. The van der Waals surface area contributed by atoms with Gasteiger partial charge in [0.15, 0.2) is 0 Å². The molecule has 0 aromatic heterocycles. The fraction of sp³-hybridized carbons (Fsp3) is 0.333. The van der Waals surface area contributed by atoms with Crippen molar-refractivity contribution in [3.63, 3.8) is 0 Å². The summed E-state index contributed by atoms with van der Waals surface area (Å²) in [5, 5.41) is 0. The van der Waals surface area contributed by atoms with E-state index >= 15 is 0 Å². The van der Waals surface area contributed by atoms with Gasteiger partial charge in [-0.1, -0.05) is 6.92 Å². The predicted molar refractivity (Wildman–Crippen MR) is 56.5 cm³/mol. The Labute approximate surface area is 88.6 Å². The summed E-state index contributed by atoms with van der Waals surface area (Å²) >= 11 is 0. The van der Waals surface area contributed by atoms with Gasteiger partial charge in [-0.25, -0.2) is 0 Å². The standard InChI is InChI=1S/C9H13NO4S/c1-2-5-14-8-4-3-7(10)6-9(8)15(11,12)13/h3-4,6H,2,5,10H2,1H3,(H,11,12,13). The predicted octanol–water partition coefficient (Wildman–Crippen LogP) is 1.30. The molecule has 0 aliphatic carbocycles. The van der Waals surface area contributed by atoms with E-state index in [2.05, 4.69) is 0 Å². The smallest absolute Gasteiger partial charge is 0.298 e. The average molecular weight is 231 g/mol. The van der Waals surface area contributed by atoms with Gasteiger partial charge in [-0.05, 0) is 24.6 Å². The van der Waals surface area contributed by atoms with E-state index in [0.29, 0.717) is 6.61 Å². The van der Waals surface area contributed by atoms with Crippen molar-refractivity contribution in [1.29, 1.82) is 0 Å². The molecule has 0 radical (unpaired) electrons. The van der Waals surface area contributed by atoms with E-state index in [1.54, 1.807) is 0 Å². The van der Waals surface area contributed by atoms with Crippen LogP contribution in [0.3, 0.4) is 0 Å². The van der Waals surface area contributed by atoms with E-state index in [9.17, 15) is 8.42 Å². The van der Waals surface area contributed by atoms with Gasteiger partial charge in [0.05, 0.1) is 6.61 Å². The van der Waals surface area contributed by atoms with Crippen LogP contribution >= 0.6 is 0 Å². The topological polar surface area (TPSA) is 89.6 Å². The van der Waals surface area contributed by atoms with E-state index in [1.807, 2.05) is 6.92 Å². The molecule has 15 heavy (non-hydrogen) atoms. The average Bonchev–Trinajstić information content (AvgIpc) is 2.14. The normalized spacial score (nSPS) is 11.3. The minimum Gasteiger partial charge on any atom is -0.492 e. The quantitative estimate of drug-likeness (QED) is 0.602. The van der Waals surface area contributed by atoms with Crippen molar-refractivity contribution < 1.29 is 17.7 Å². The lowest BCUT2D eigenvalue weighted by Gasteiger charge is -2.09. The lowest BCUT2D eigenvalue weighted by Crippen LogP contribution is -2.05. The molecule has 0 saturated heterocycles. The van der Waals surface area contributed by atoms with Crippen molar-refractivity contribution >= 4 is 15.8 Å². The second kappa shape index (κ2) is 4.50. The van der Waals surface area contributed by atoms with Crippen LogP contribution in [-0.2, 0) is 10.1 Å². The minimum atomic E-state index is -4.29. The maximum absolute atomic E-state index is 11.0. The third-order valence-corrected chi connectivity index (χ3v) is 2.58. The van der Waals surface area contributed by atoms with Gasteiger partial charge in [0.25, 0.3) is 10.1 Å². The van der Waals surface area contributed by atoms with Crippen molar-refractivity contribution in [3.05, 3.63) is 18.2 Å². The number of rotatable bonds is 4. The van der Waals surface area contributed by atoms with Crippen LogP contribution in [0.1, 0.15) is 13.3 Å². The monoisotopic (exact) mass is 231 g/mol. The highest BCUT2D eigenvalue weighted by molar-refractivity contribution is 7.86. The molecule has 3 N–H and O–H groups in total. The molecule has 0 amide bonds. The van der Waals surface area contributed by atoms with Gasteiger partial charge in [-0.3, -0.25) is 4.55 Å². The molecule has 6 heteroatoms. The van der Waals surface area contributed by atoms with Crippen molar-refractivity contribution in [2.24, 2.45) is 0 Å². The molecule has 0 aliphatic heterocycles. The SMILES string of the molecule is CCCOc1ccc(N)cc1S(=O)(=O)O. The summed E-state index contributed by atoms with van der Waals surface area (Å²) in [4.78, 5) is -0.295. The summed E-state index contributed by atoms with van der Waals surface area (Å²) in [6.07, 6.45) is 0.745. The lowest BCUT2D eigenvalue weighted by atomic mass is 10.3. The van der Waals surface area contributed by atoms with Crippen LogP contribution in [0.15, 0.2) is 23.1 Å². The van der Waals surface area contributed by atoms with Crippen LogP contribution in [0, 0.1) is 0 Å². The fourth-order valence-corrected chi connectivity index (χ4v) is 1.72. The first-order chi connectivity index (χ1) is 6.95. The first-order valence-electron chi connectivity index (χ1n) is 4.45. The Bertz CT molecular complexity index is 441. The van der Waals surface area contributed by atoms with E-state index in [1.165, 1.54) is 18.2 Å². The van der Waals surface area contributed by atoms with Crippen molar-refractivity contribution in [3.8, 4) is 5.75 Å². The fourth-order valence-electron chi connectivity index (χ4n) is 1.06. The lowest BCUT2D eigenvalue weighted by molar-refractivity contribution is 0.308. The van der Waals surface area contributed by atoms with Gasteiger partial charge in [-0.15, -0.1) is 0 Å². The van der Waals surface area contributed by atoms with Gasteiger partial charge in [0.1, 0.15) is 10.6 Å². The molecule has 1 aromatic rings. The zero-order valence-electron chi connectivity index (χ0n) is 8.30. The maximum atomic E-state index is 11.0. The minimum absolute atomic E-state index is 0.119. The third kappa shape index (κ3) is 3.10. The Morgan fingerprint density at radius 3 is 2.67 bits per heavy atom. The molecule has 5 nitrogen and oxygen atoms in total. The molecule has 84 valence electrons. The molecule has 0 unspecified atom stereocenters. The highest BCUT2D eigenvalue weighted by atomic mass is 32.2. The van der Waals surface area contributed by atoms with Crippen LogP contribution < -0.4 is 10.5 Å². The molecule has 0 aliphatic rings. The summed E-state index contributed by atoms with van der Waals surface area (Å²) in [6.45, 7) is 2.27. The zero-order chi connectivity index (χ0) is 11.5. The molecular formula is C9H13NO4S. The van der Waals surface area contributed by atoms with E-state index in [-0.39, 0.29) is 16.3 Å². The molecule has 0 atom stereocenters. The van der Waals surface area contributed by atoms with E-state index < -0.39 is 10.1 Å². The number of ether oxygens (including phenoxy) is 1. The van der Waals surface area contributed by atoms with E-state index in [0.717, 1.165) is 6.42 Å². The number of hydrogen-bond donors (Lipinski definition) is 2.